The van der Waals surface area contributed by atoms with Crippen LogP contribution in [0.15, 0.2) is 30.6 Å². The minimum absolute atomic E-state index is 0.0101. The molecule has 0 radical (unpaired) electrons. The zero-order valence-corrected chi connectivity index (χ0v) is 18.6. The Hall–Kier alpha value is -2.86. The van der Waals surface area contributed by atoms with Crippen molar-refractivity contribution in [2.75, 3.05) is 6.54 Å². The van der Waals surface area contributed by atoms with Gasteiger partial charge < -0.3 is 19.4 Å². The number of H-pyrrole nitrogens is 1. The third-order valence-electron chi connectivity index (χ3n) is 6.19. The second-order valence-electron chi connectivity index (χ2n) is 9.62. The summed E-state index contributed by atoms with van der Waals surface area (Å²) in [7, 11) is 0. The molecular weight excluding hydrogens is 390 g/mol. The molecule has 1 aromatic carbocycles. The van der Waals surface area contributed by atoms with Crippen LogP contribution in [0.25, 0.3) is 22.2 Å². The highest BCUT2D eigenvalue weighted by atomic mass is 16.6. The number of hydrogen-bond acceptors (Lipinski definition) is 4. The fraction of sp³-hybridized carbons (Fsp3) is 0.440. The van der Waals surface area contributed by atoms with Gasteiger partial charge in [-0.25, -0.2) is 9.78 Å². The maximum absolute atomic E-state index is 12.9. The van der Waals surface area contributed by atoms with Crippen molar-refractivity contribution in [1.29, 1.82) is 0 Å². The maximum Gasteiger partial charge on any atom is 0.410 e. The lowest BCUT2D eigenvalue weighted by Gasteiger charge is -2.30. The third kappa shape index (κ3) is 3.69. The molecule has 0 saturated carbocycles. The minimum Gasteiger partial charge on any atom is -0.444 e. The van der Waals surface area contributed by atoms with E-state index in [0.29, 0.717) is 13.2 Å². The molecule has 0 spiro atoms. The fourth-order valence-electron chi connectivity index (χ4n) is 4.71. The third-order valence-corrected chi connectivity index (χ3v) is 6.19. The van der Waals surface area contributed by atoms with Gasteiger partial charge in [0.25, 0.3) is 0 Å². The summed E-state index contributed by atoms with van der Waals surface area (Å²) in [5.41, 5.74) is 7.37. The predicted molar refractivity (Wildman–Crippen MR) is 120 cm³/mol. The van der Waals surface area contributed by atoms with Crippen LogP contribution in [0.3, 0.4) is 0 Å². The summed E-state index contributed by atoms with van der Waals surface area (Å²) in [6.45, 7) is 9.74. The van der Waals surface area contributed by atoms with Gasteiger partial charge in [-0.15, -0.1) is 0 Å². The number of nitrogens with zero attached hydrogens (tertiary/aromatic N) is 2. The Morgan fingerprint density at radius 2 is 2.06 bits per heavy atom. The molecule has 1 unspecified atom stereocenters. The average molecular weight is 420 g/mol. The zero-order chi connectivity index (χ0) is 21.8. The van der Waals surface area contributed by atoms with Crippen molar-refractivity contribution in [3.8, 4) is 11.1 Å². The van der Waals surface area contributed by atoms with Crippen molar-refractivity contribution < 1.29 is 14.3 Å². The van der Waals surface area contributed by atoms with Gasteiger partial charge in [0.05, 0.1) is 19.3 Å². The Bertz CT molecular complexity index is 1160. The number of amides is 1. The van der Waals surface area contributed by atoms with Crippen molar-refractivity contribution in [3.05, 3.63) is 52.8 Å². The van der Waals surface area contributed by atoms with E-state index < -0.39 is 5.60 Å². The number of nitrogens with one attached hydrogen (secondary N) is 1. The van der Waals surface area contributed by atoms with Crippen molar-refractivity contribution in [1.82, 2.24) is 14.9 Å². The first-order chi connectivity index (χ1) is 14.8. The van der Waals surface area contributed by atoms with Gasteiger partial charge in [-0.3, -0.25) is 0 Å². The predicted octanol–water partition coefficient (Wildman–Crippen LogP) is 5.64. The standard InChI is InChI=1S/C25H29N3O3/c1-15-11-26-23-19(15)10-17(12-27-23)16-8-18-13-30-14-21(18)20(9-16)22-6-5-7-28(22)24(29)31-25(2,3)4/h8-12,22H,5-7,13-14H2,1-4H3,(H,26,27). The SMILES string of the molecule is Cc1c[nH]c2ncc(-c3cc4c(c(C5CCCN5C(=O)OC(C)(C)C)c3)COC4)cc12. The lowest BCUT2D eigenvalue weighted by atomic mass is 9.91. The summed E-state index contributed by atoms with van der Waals surface area (Å²) in [6.07, 6.45) is 5.57. The van der Waals surface area contributed by atoms with E-state index in [-0.39, 0.29) is 12.1 Å². The summed E-state index contributed by atoms with van der Waals surface area (Å²) < 4.78 is 11.5. The number of fused-ring (bicyclic) bond motifs is 2. The van der Waals surface area contributed by atoms with E-state index in [1.54, 1.807) is 0 Å². The molecule has 0 aliphatic carbocycles. The topological polar surface area (TPSA) is 67.5 Å². The number of carbonyl (C=O) groups excluding carboxylic acids is 1. The van der Waals surface area contributed by atoms with Crippen molar-refractivity contribution in [2.45, 2.75) is 65.4 Å². The lowest BCUT2D eigenvalue weighted by molar-refractivity contribution is 0.0223. The molecule has 4 heterocycles. The molecule has 3 aromatic rings. The first-order valence-corrected chi connectivity index (χ1v) is 11.0. The molecule has 2 aliphatic heterocycles. The van der Waals surface area contributed by atoms with Crippen LogP contribution in [0.1, 0.15) is 61.9 Å². The number of aryl methyl sites for hydroxylation is 1. The van der Waals surface area contributed by atoms with Gasteiger partial charge in [0.2, 0.25) is 0 Å². The van der Waals surface area contributed by atoms with Crippen molar-refractivity contribution in [2.24, 2.45) is 0 Å². The molecule has 1 fully saturated rings. The molecule has 1 N–H and O–H groups in total. The molecule has 2 aromatic heterocycles. The second kappa shape index (κ2) is 7.38. The molecule has 6 nitrogen and oxygen atoms in total. The number of benzene rings is 1. The van der Waals surface area contributed by atoms with Crippen molar-refractivity contribution >= 4 is 17.1 Å². The van der Waals surface area contributed by atoms with Crippen molar-refractivity contribution in [3.63, 3.8) is 0 Å². The number of rotatable bonds is 2. The number of ether oxygens (including phenoxy) is 2. The summed E-state index contributed by atoms with van der Waals surface area (Å²) >= 11 is 0. The van der Waals surface area contributed by atoms with Gasteiger partial charge in [0, 0.05) is 29.9 Å². The Kier molecular flexibility index (Phi) is 4.77. The first kappa shape index (κ1) is 20.1. The Morgan fingerprint density at radius 3 is 2.87 bits per heavy atom. The molecule has 162 valence electrons. The second-order valence-corrected chi connectivity index (χ2v) is 9.62. The summed E-state index contributed by atoms with van der Waals surface area (Å²) in [6, 6.07) is 6.64. The zero-order valence-electron chi connectivity index (χ0n) is 18.6. The number of hydrogen-bond donors (Lipinski definition) is 1. The molecular formula is C25H29N3O3. The van der Waals surface area contributed by atoms with Crippen LogP contribution in [-0.2, 0) is 22.7 Å². The smallest absolute Gasteiger partial charge is 0.410 e. The van der Waals surface area contributed by atoms with E-state index in [4.69, 9.17) is 9.47 Å². The number of aromatic amines is 1. The summed E-state index contributed by atoms with van der Waals surface area (Å²) in [5, 5.41) is 1.13. The summed E-state index contributed by atoms with van der Waals surface area (Å²) in [4.78, 5) is 22.6. The van der Waals surface area contributed by atoms with Gasteiger partial charge in [0.15, 0.2) is 0 Å². The minimum atomic E-state index is -0.507. The van der Waals surface area contributed by atoms with E-state index in [9.17, 15) is 4.79 Å². The molecule has 0 bridgehead atoms. The van der Waals surface area contributed by atoms with Crippen LogP contribution in [0.5, 0.6) is 0 Å². The number of aromatic nitrogens is 2. The van der Waals surface area contributed by atoms with E-state index >= 15 is 0 Å². The molecule has 1 amide bonds. The van der Waals surface area contributed by atoms with Crippen LogP contribution in [0.4, 0.5) is 4.79 Å². The quantitative estimate of drug-likeness (QED) is 0.584. The molecule has 6 heteroatoms. The highest BCUT2D eigenvalue weighted by Crippen LogP contribution is 2.40. The molecule has 31 heavy (non-hydrogen) atoms. The number of carbonyl (C=O) groups is 1. The van der Waals surface area contributed by atoms with E-state index in [2.05, 4.69) is 35.1 Å². The van der Waals surface area contributed by atoms with Gasteiger partial charge in [-0.05, 0) is 86.6 Å². The molecule has 5 rings (SSSR count). The number of likely N-dealkylation sites (tertiary alicyclic amines) is 1. The normalized spacial score (nSPS) is 18.6. The first-order valence-electron chi connectivity index (χ1n) is 11.0. The lowest BCUT2D eigenvalue weighted by Crippen LogP contribution is -2.36. The van der Waals surface area contributed by atoms with E-state index in [1.807, 2.05) is 38.1 Å². The molecule has 2 aliphatic rings. The van der Waals surface area contributed by atoms with Gasteiger partial charge in [0.1, 0.15) is 11.2 Å². The van der Waals surface area contributed by atoms with E-state index in [0.717, 1.165) is 41.5 Å². The Balaban J connectivity index is 1.56. The summed E-state index contributed by atoms with van der Waals surface area (Å²) in [5.74, 6) is 0. The highest BCUT2D eigenvalue weighted by molar-refractivity contribution is 5.84. The van der Waals surface area contributed by atoms with Gasteiger partial charge in [-0.1, -0.05) is 0 Å². The van der Waals surface area contributed by atoms with E-state index in [1.165, 1.54) is 22.3 Å². The van der Waals surface area contributed by atoms with Crippen LogP contribution < -0.4 is 0 Å². The fourth-order valence-corrected chi connectivity index (χ4v) is 4.71. The van der Waals surface area contributed by atoms with Crippen LogP contribution in [0.2, 0.25) is 0 Å². The van der Waals surface area contributed by atoms with Crippen LogP contribution in [-0.4, -0.2) is 33.1 Å². The van der Waals surface area contributed by atoms with Crippen LogP contribution in [0, 0.1) is 6.92 Å². The largest absolute Gasteiger partial charge is 0.444 e. The molecule has 1 saturated heterocycles. The monoisotopic (exact) mass is 419 g/mol. The molecule has 1 atom stereocenters. The number of pyridine rings is 1. The van der Waals surface area contributed by atoms with Gasteiger partial charge in [-0.2, -0.15) is 0 Å². The van der Waals surface area contributed by atoms with Gasteiger partial charge >= 0.3 is 6.09 Å². The Labute approximate surface area is 182 Å². The van der Waals surface area contributed by atoms with Crippen LogP contribution >= 0.6 is 0 Å². The maximum atomic E-state index is 12.9. The average Bonchev–Trinajstić information content (AvgIpc) is 3.45. The Morgan fingerprint density at radius 1 is 1.23 bits per heavy atom. The highest BCUT2D eigenvalue weighted by Gasteiger charge is 2.35.